The van der Waals surface area contributed by atoms with Crippen molar-refractivity contribution >= 4 is 52.1 Å². The second kappa shape index (κ2) is 33.3. The zero-order chi connectivity index (χ0) is 69.1. The average molecular weight is 1300 g/mol. The molecule has 4 amide bonds. The summed E-state index contributed by atoms with van der Waals surface area (Å²) in [6.07, 6.45) is 0. The zero-order valence-corrected chi connectivity index (χ0v) is 57.1. The van der Waals surface area contributed by atoms with Crippen LogP contribution >= 0.6 is 0 Å². The molecule has 25 heteroatoms. The Hall–Kier alpha value is -8.62. The number of hydrogen-bond donors (Lipinski definition) is 4. The van der Waals surface area contributed by atoms with Gasteiger partial charge in [-0.25, -0.2) is 0 Å². The van der Waals surface area contributed by atoms with Gasteiger partial charge in [-0.3, -0.25) is 29.3 Å². The Kier molecular flexibility index (Phi) is 26.9. The first kappa shape index (κ1) is 75.1. The maximum atomic E-state index is 15.0. The number of carbonyl (C=O) groups is 4. The quantitative estimate of drug-likeness (QED) is 0.0172. The zero-order valence-electron chi connectivity index (χ0n) is 57.1. The summed E-state index contributed by atoms with van der Waals surface area (Å²) in [4.78, 5) is 70.8. The predicted molar refractivity (Wildman–Crippen MR) is 353 cm³/mol. The van der Waals surface area contributed by atoms with Gasteiger partial charge >= 0.3 is 5.69 Å². The molecule has 0 bridgehead atoms. The summed E-state index contributed by atoms with van der Waals surface area (Å²) in [6.45, 7) is 28.9. The van der Waals surface area contributed by atoms with E-state index in [0.29, 0.717) is 18.0 Å². The van der Waals surface area contributed by atoms with Crippen molar-refractivity contribution in [3.63, 3.8) is 0 Å². The Morgan fingerprint density at radius 3 is 0.946 bits per heavy atom. The molecule has 0 spiro atoms. The number of carbonyl (C=O) groups excluding carboxylic acids is 4. The smallest absolute Gasteiger partial charge is 0.312 e. The lowest BCUT2D eigenvalue weighted by atomic mass is 10.1. The lowest BCUT2D eigenvalue weighted by Crippen LogP contribution is -2.24. The van der Waals surface area contributed by atoms with Gasteiger partial charge in [-0.05, 0) is 134 Å². The molecule has 5 rings (SSSR count). The SMILES string of the molecule is COc1cc(OC)c(C(=O)Nc2ccccc2OCCOC(C)(C)C)cc1NC(=O)c1cc(NC(=O)c2cc(NC(=O)c3cc([N+](=O)[O-])c(OCCOC(C)(C)C)cc3OCCOC(C)(C)C)c(OC)cc2OC)c(OCCOC(C)(C)C)cc1OCCOC(C)(C)C. The van der Waals surface area contributed by atoms with Crippen LogP contribution in [0.1, 0.15) is 145 Å². The number of nitrogens with zero attached hydrogens (tertiary/aromatic N) is 1. The number of anilines is 4. The highest BCUT2D eigenvalue weighted by atomic mass is 16.6. The fraction of sp³-hybridized carbons (Fsp3) is 0.500. The number of hydrogen-bond acceptors (Lipinski definition) is 20. The van der Waals surface area contributed by atoms with Crippen molar-refractivity contribution in [3.8, 4) is 51.7 Å². The van der Waals surface area contributed by atoms with Crippen LogP contribution in [0.15, 0.2) is 72.8 Å². The molecule has 0 aliphatic heterocycles. The normalized spacial score (nSPS) is 11.9. The number of ether oxygens (including phenoxy) is 14. The fourth-order valence-corrected chi connectivity index (χ4v) is 8.48. The van der Waals surface area contributed by atoms with Gasteiger partial charge in [-0.2, -0.15) is 0 Å². The standard InChI is InChI=1S/C68H93N5O20/c1-64(2,3)89-29-24-84-51-23-21-20-22-46(51)69-60(74)42-34-47(56(82-18)38-52(42)80-16)70-62(76)44-36-49(58(87-27-32-92-67(10,11)12)40-54(44)85-25-30-90-65(4,5)6)72-61(75)43-35-48(57(83-19)39-53(43)81-17)71-63(77)45-37-50(73(78)79)59(88-28-33-93-68(13,14)15)41-55(45)86-26-31-91-66(7,8)9/h20-23,34-41H,24-33H2,1-19H3,(H,69,74)(H,70,76)(H,71,77)(H,72,75). The maximum Gasteiger partial charge on any atom is 0.312 e. The van der Waals surface area contributed by atoms with E-state index in [-0.39, 0.29) is 150 Å². The van der Waals surface area contributed by atoms with Crippen LogP contribution in [0.4, 0.5) is 28.4 Å². The molecule has 0 aromatic heterocycles. The summed E-state index contributed by atoms with van der Waals surface area (Å²) in [5, 5.41) is 23.9. The lowest BCUT2D eigenvalue weighted by Gasteiger charge is -2.22. The third kappa shape index (κ3) is 24.4. The van der Waals surface area contributed by atoms with E-state index in [9.17, 15) is 24.5 Å². The Morgan fingerprint density at radius 1 is 0.333 bits per heavy atom. The van der Waals surface area contributed by atoms with Crippen molar-refractivity contribution < 1.29 is 90.4 Å². The second-order valence-corrected chi connectivity index (χ2v) is 25.8. The highest BCUT2D eigenvalue weighted by molar-refractivity contribution is 6.13. The van der Waals surface area contributed by atoms with Crippen LogP contribution in [0, 0.1) is 10.1 Å². The molecule has 0 saturated heterocycles. The van der Waals surface area contributed by atoms with E-state index in [1.165, 1.54) is 70.9 Å². The van der Waals surface area contributed by atoms with Crippen molar-refractivity contribution in [1.82, 2.24) is 0 Å². The first-order valence-electron chi connectivity index (χ1n) is 30.2. The van der Waals surface area contributed by atoms with Gasteiger partial charge in [0.2, 0.25) is 5.75 Å². The van der Waals surface area contributed by atoms with Crippen LogP contribution in [0.5, 0.6) is 51.7 Å². The van der Waals surface area contributed by atoms with Gasteiger partial charge in [0.05, 0.1) is 139 Å². The molecule has 0 atom stereocenters. The average Bonchev–Trinajstić information content (AvgIpc) is 0.820. The molecular formula is C68H93N5O20. The summed E-state index contributed by atoms with van der Waals surface area (Å²) in [5.41, 5.74) is -3.35. The summed E-state index contributed by atoms with van der Waals surface area (Å²) in [5.74, 6) is -2.78. The molecule has 0 aliphatic carbocycles. The number of nitro groups is 1. The van der Waals surface area contributed by atoms with E-state index in [0.717, 1.165) is 6.07 Å². The van der Waals surface area contributed by atoms with Crippen molar-refractivity contribution in [2.45, 2.75) is 132 Å². The Bertz CT molecular complexity index is 3370. The van der Waals surface area contributed by atoms with Crippen molar-refractivity contribution in [3.05, 3.63) is 105 Å². The van der Waals surface area contributed by atoms with E-state index in [2.05, 4.69) is 21.3 Å². The Labute approximate surface area is 545 Å². The fourth-order valence-electron chi connectivity index (χ4n) is 8.48. The summed E-state index contributed by atoms with van der Waals surface area (Å²) < 4.78 is 82.7. The largest absolute Gasteiger partial charge is 0.496 e. The molecule has 0 aliphatic rings. The molecule has 0 heterocycles. The number of rotatable bonds is 33. The number of methoxy groups -OCH3 is 4. The van der Waals surface area contributed by atoms with E-state index in [1.54, 1.807) is 24.3 Å². The first-order valence-corrected chi connectivity index (χ1v) is 30.2. The number of para-hydroxylation sites is 2. The molecular weight excluding hydrogens is 1210 g/mol. The highest BCUT2D eigenvalue weighted by Gasteiger charge is 2.30. The van der Waals surface area contributed by atoms with Gasteiger partial charge in [0, 0.05) is 30.3 Å². The molecule has 93 heavy (non-hydrogen) atoms. The maximum absolute atomic E-state index is 15.0. The van der Waals surface area contributed by atoms with E-state index in [1.807, 2.05) is 104 Å². The minimum atomic E-state index is -0.899. The number of nitrogens with one attached hydrogen (secondary N) is 4. The summed E-state index contributed by atoms with van der Waals surface area (Å²) in [6, 6.07) is 17.4. The third-order valence-corrected chi connectivity index (χ3v) is 12.6. The molecule has 25 nitrogen and oxygen atoms in total. The van der Waals surface area contributed by atoms with Crippen LogP contribution in [0.25, 0.3) is 0 Å². The van der Waals surface area contributed by atoms with E-state index in [4.69, 9.17) is 66.3 Å². The number of nitro benzene ring substituents is 1. The third-order valence-electron chi connectivity index (χ3n) is 12.6. The molecule has 0 radical (unpaired) electrons. The van der Waals surface area contributed by atoms with E-state index < -0.39 is 56.6 Å². The minimum Gasteiger partial charge on any atom is -0.496 e. The second-order valence-electron chi connectivity index (χ2n) is 25.8. The molecule has 4 N–H and O–H groups in total. The molecule has 0 saturated carbocycles. The molecule has 510 valence electrons. The van der Waals surface area contributed by atoms with Gasteiger partial charge in [0.25, 0.3) is 23.6 Å². The van der Waals surface area contributed by atoms with Gasteiger partial charge in [-0.1, -0.05) is 12.1 Å². The number of amides is 4. The Morgan fingerprint density at radius 2 is 0.602 bits per heavy atom. The summed E-state index contributed by atoms with van der Waals surface area (Å²) >= 11 is 0. The van der Waals surface area contributed by atoms with Crippen LogP contribution < -0.4 is 63.9 Å². The molecule has 5 aromatic rings. The minimum absolute atomic E-state index is 0.00353. The van der Waals surface area contributed by atoms with Gasteiger partial charge < -0.3 is 87.6 Å². The van der Waals surface area contributed by atoms with Crippen LogP contribution in [0.2, 0.25) is 0 Å². The van der Waals surface area contributed by atoms with Crippen LogP contribution in [-0.2, 0) is 23.7 Å². The van der Waals surface area contributed by atoms with Crippen LogP contribution in [0.3, 0.4) is 0 Å². The van der Waals surface area contributed by atoms with Crippen molar-refractivity contribution in [2.24, 2.45) is 0 Å². The van der Waals surface area contributed by atoms with Crippen LogP contribution in [-0.4, -0.2) is 151 Å². The monoisotopic (exact) mass is 1300 g/mol. The van der Waals surface area contributed by atoms with E-state index >= 15 is 4.79 Å². The Balaban J connectivity index is 1.60. The lowest BCUT2D eigenvalue weighted by molar-refractivity contribution is -0.385. The van der Waals surface area contributed by atoms with Gasteiger partial charge in [-0.15, -0.1) is 0 Å². The molecule has 0 unspecified atom stereocenters. The first-order chi connectivity index (χ1) is 43.5. The van der Waals surface area contributed by atoms with Gasteiger partial charge in [0.1, 0.15) is 79.0 Å². The summed E-state index contributed by atoms with van der Waals surface area (Å²) in [7, 11) is 5.40. The predicted octanol–water partition coefficient (Wildman–Crippen LogP) is 12.6. The van der Waals surface area contributed by atoms with Crippen molar-refractivity contribution in [2.75, 3.05) is 116 Å². The topological polar surface area (TPSA) is 289 Å². The van der Waals surface area contributed by atoms with Gasteiger partial charge in [0.15, 0.2) is 0 Å². The molecule has 5 aromatic carbocycles. The highest BCUT2D eigenvalue weighted by Crippen LogP contribution is 2.41. The molecule has 0 fully saturated rings. The van der Waals surface area contributed by atoms with Crippen molar-refractivity contribution in [1.29, 1.82) is 0 Å². The number of benzene rings is 5.